The first-order valence-corrected chi connectivity index (χ1v) is 12.5. The number of carboxylic acid groups (broad SMARTS) is 1. The summed E-state index contributed by atoms with van der Waals surface area (Å²) in [7, 11) is 0. The van der Waals surface area contributed by atoms with Crippen molar-refractivity contribution in [3.63, 3.8) is 0 Å². The summed E-state index contributed by atoms with van der Waals surface area (Å²) in [5.74, 6) is -3.44. The van der Waals surface area contributed by atoms with Gasteiger partial charge in [-0.1, -0.05) is 20.3 Å². The molecule has 5 unspecified atom stereocenters. The van der Waals surface area contributed by atoms with Gasteiger partial charge >= 0.3 is 5.97 Å². The van der Waals surface area contributed by atoms with Gasteiger partial charge in [-0.05, 0) is 5.92 Å². The molecule has 3 aromatic rings. The van der Waals surface area contributed by atoms with Crippen LogP contribution in [0, 0.1) is 5.92 Å². The van der Waals surface area contributed by atoms with Crippen LogP contribution in [0.5, 0.6) is 0 Å². The van der Waals surface area contributed by atoms with Crippen molar-refractivity contribution in [1.82, 2.24) is 45.9 Å². The third-order valence-electron chi connectivity index (χ3n) is 6.33. The molecule has 210 valence electrons. The summed E-state index contributed by atoms with van der Waals surface area (Å²) in [4.78, 5) is 71.6. The van der Waals surface area contributed by atoms with E-state index in [0.29, 0.717) is 23.5 Å². The molecule has 0 radical (unpaired) electrons. The van der Waals surface area contributed by atoms with Gasteiger partial charge in [0, 0.05) is 54.9 Å². The van der Waals surface area contributed by atoms with Crippen molar-refractivity contribution in [2.75, 3.05) is 0 Å². The minimum atomic E-state index is -1.25. The van der Waals surface area contributed by atoms with Crippen molar-refractivity contribution in [2.24, 2.45) is 11.7 Å². The number of nitrogens with zero attached hydrogens (tertiary/aromatic N) is 3. The van der Waals surface area contributed by atoms with Crippen molar-refractivity contribution in [3.8, 4) is 0 Å². The van der Waals surface area contributed by atoms with E-state index < -0.39 is 47.9 Å². The predicted octanol–water partition coefficient (Wildman–Crippen LogP) is -1.20. The average Bonchev–Trinajstić information content (AvgIpc) is 3.70. The van der Waals surface area contributed by atoms with Gasteiger partial charge in [0.2, 0.25) is 17.7 Å². The summed E-state index contributed by atoms with van der Waals surface area (Å²) in [5, 5.41) is 17.5. The number of carbonyl (C=O) groups is 4. The number of rotatable bonds is 15. The Balaban J connectivity index is 1.73. The SMILES string of the molecule is CCC(C)C(NC(=O)C(Cc1cnc[nH]1)NC(=O)C(N)Cc1cnc[nH]1)C(=O)NC(Cc1cnc[nH]1)C(=O)O. The Morgan fingerprint density at radius 1 is 0.795 bits per heavy atom. The maximum atomic E-state index is 13.4. The molecule has 3 aromatic heterocycles. The Morgan fingerprint density at radius 3 is 1.74 bits per heavy atom. The van der Waals surface area contributed by atoms with Crippen LogP contribution in [0.3, 0.4) is 0 Å². The molecular formula is C24H34N10O5. The first-order valence-electron chi connectivity index (χ1n) is 12.5. The normalized spacial score (nSPS) is 14.9. The zero-order valence-electron chi connectivity index (χ0n) is 21.7. The highest BCUT2D eigenvalue weighted by Crippen LogP contribution is 2.11. The molecule has 0 fully saturated rings. The minimum absolute atomic E-state index is 0.0189. The van der Waals surface area contributed by atoms with E-state index in [1.807, 2.05) is 6.92 Å². The summed E-state index contributed by atoms with van der Waals surface area (Å²) in [5.41, 5.74) is 7.81. The van der Waals surface area contributed by atoms with E-state index in [1.54, 1.807) is 13.1 Å². The van der Waals surface area contributed by atoms with E-state index in [2.05, 4.69) is 45.9 Å². The minimum Gasteiger partial charge on any atom is -0.480 e. The lowest BCUT2D eigenvalue weighted by molar-refractivity contribution is -0.142. The zero-order chi connectivity index (χ0) is 28.4. The van der Waals surface area contributed by atoms with E-state index >= 15 is 0 Å². The molecule has 3 heterocycles. The number of carboxylic acids is 1. The van der Waals surface area contributed by atoms with Gasteiger partial charge in [0.25, 0.3) is 0 Å². The lowest BCUT2D eigenvalue weighted by Crippen LogP contribution is -2.59. The number of hydrogen-bond acceptors (Lipinski definition) is 8. The van der Waals surface area contributed by atoms with Crippen LogP contribution in [0.15, 0.2) is 37.6 Å². The van der Waals surface area contributed by atoms with E-state index in [1.165, 1.54) is 31.4 Å². The molecule has 0 spiro atoms. The smallest absolute Gasteiger partial charge is 0.326 e. The molecule has 15 heteroatoms. The first kappa shape index (κ1) is 29.0. The van der Waals surface area contributed by atoms with Crippen LogP contribution in [0.2, 0.25) is 0 Å². The van der Waals surface area contributed by atoms with Gasteiger partial charge in [0.05, 0.1) is 25.0 Å². The highest BCUT2D eigenvalue weighted by atomic mass is 16.4. The number of aromatic amines is 3. The monoisotopic (exact) mass is 542 g/mol. The number of nitrogens with two attached hydrogens (primary N) is 1. The van der Waals surface area contributed by atoms with Crippen LogP contribution >= 0.6 is 0 Å². The van der Waals surface area contributed by atoms with Crippen LogP contribution in [0.1, 0.15) is 37.4 Å². The Bertz CT molecular complexity index is 1200. The van der Waals surface area contributed by atoms with Gasteiger partial charge in [-0.2, -0.15) is 0 Å². The molecule has 0 aromatic carbocycles. The predicted molar refractivity (Wildman–Crippen MR) is 138 cm³/mol. The number of carbonyl (C=O) groups excluding carboxylic acids is 3. The van der Waals surface area contributed by atoms with Gasteiger partial charge in [-0.15, -0.1) is 0 Å². The molecule has 0 saturated carbocycles. The molecule has 0 aliphatic rings. The fourth-order valence-electron chi connectivity index (χ4n) is 3.86. The number of amides is 3. The van der Waals surface area contributed by atoms with Crippen molar-refractivity contribution in [2.45, 2.75) is 63.7 Å². The summed E-state index contributed by atoms with van der Waals surface area (Å²) in [6.45, 7) is 3.60. The van der Waals surface area contributed by atoms with Crippen molar-refractivity contribution in [3.05, 3.63) is 54.7 Å². The Labute approximate surface area is 224 Å². The molecule has 15 nitrogen and oxygen atoms in total. The second kappa shape index (κ2) is 13.9. The Hall–Kier alpha value is -4.53. The standard InChI is InChI=1S/C24H34N10O5/c1-3-13(2)20(23(37)33-19(24(38)39)6-16-9-28-12-31-16)34-22(36)18(5-15-8-27-11-30-15)32-21(35)17(25)4-14-7-26-10-29-14/h7-13,17-20H,3-6,25H2,1-2H3,(H,26,29)(H,27,30)(H,28,31)(H,32,35)(H,33,37)(H,34,36)(H,38,39). The van der Waals surface area contributed by atoms with Crippen LogP contribution in [0.4, 0.5) is 0 Å². The van der Waals surface area contributed by atoms with Crippen LogP contribution in [-0.4, -0.2) is 82.9 Å². The maximum absolute atomic E-state index is 13.4. The van der Waals surface area contributed by atoms with Gasteiger partial charge in [-0.25, -0.2) is 19.7 Å². The molecule has 39 heavy (non-hydrogen) atoms. The molecule has 9 N–H and O–H groups in total. The quantitative estimate of drug-likeness (QED) is 0.115. The molecule has 5 atom stereocenters. The lowest BCUT2D eigenvalue weighted by atomic mass is 9.96. The van der Waals surface area contributed by atoms with E-state index in [4.69, 9.17) is 5.73 Å². The van der Waals surface area contributed by atoms with Crippen LogP contribution in [0.25, 0.3) is 0 Å². The zero-order valence-corrected chi connectivity index (χ0v) is 21.7. The van der Waals surface area contributed by atoms with Crippen molar-refractivity contribution in [1.29, 1.82) is 0 Å². The third-order valence-corrected chi connectivity index (χ3v) is 6.33. The van der Waals surface area contributed by atoms with Crippen molar-refractivity contribution < 1.29 is 24.3 Å². The average molecular weight is 543 g/mol. The lowest BCUT2D eigenvalue weighted by Gasteiger charge is -2.28. The second-order valence-corrected chi connectivity index (χ2v) is 9.28. The molecule has 0 aliphatic carbocycles. The number of aromatic nitrogens is 6. The van der Waals surface area contributed by atoms with Gasteiger partial charge in [0.1, 0.15) is 18.1 Å². The highest BCUT2D eigenvalue weighted by Gasteiger charge is 2.33. The van der Waals surface area contributed by atoms with E-state index in [9.17, 15) is 24.3 Å². The summed E-state index contributed by atoms with van der Waals surface area (Å²) in [6.07, 6.45) is 9.59. The van der Waals surface area contributed by atoms with E-state index in [-0.39, 0.29) is 25.2 Å². The third kappa shape index (κ3) is 8.49. The first-order chi connectivity index (χ1) is 18.7. The Morgan fingerprint density at radius 2 is 1.28 bits per heavy atom. The summed E-state index contributed by atoms with van der Waals surface area (Å²) >= 11 is 0. The highest BCUT2D eigenvalue weighted by molar-refractivity contribution is 5.94. The molecule has 0 aliphatic heterocycles. The maximum Gasteiger partial charge on any atom is 0.326 e. The van der Waals surface area contributed by atoms with Crippen LogP contribution in [-0.2, 0) is 38.4 Å². The number of H-pyrrole nitrogens is 3. The van der Waals surface area contributed by atoms with E-state index in [0.717, 1.165) is 0 Å². The molecule has 0 saturated heterocycles. The number of nitrogens with one attached hydrogen (secondary N) is 6. The number of aliphatic carboxylic acids is 1. The second-order valence-electron chi connectivity index (χ2n) is 9.28. The van der Waals surface area contributed by atoms with Gasteiger partial charge in [0.15, 0.2) is 0 Å². The number of imidazole rings is 3. The van der Waals surface area contributed by atoms with Crippen LogP contribution < -0.4 is 21.7 Å². The molecule has 3 amide bonds. The topological polar surface area (TPSA) is 237 Å². The molecule has 3 rings (SSSR count). The number of hydrogen-bond donors (Lipinski definition) is 8. The summed E-state index contributed by atoms with van der Waals surface area (Å²) in [6, 6.07) is -4.37. The largest absolute Gasteiger partial charge is 0.480 e. The van der Waals surface area contributed by atoms with Gasteiger partial charge in [-0.3, -0.25) is 14.4 Å². The molecular weight excluding hydrogens is 508 g/mol. The molecule has 0 bridgehead atoms. The fraction of sp³-hybridized carbons (Fsp3) is 0.458. The Kier molecular flexibility index (Phi) is 10.3. The summed E-state index contributed by atoms with van der Waals surface area (Å²) < 4.78 is 0. The van der Waals surface area contributed by atoms with Gasteiger partial charge < -0.3 is 41.7 Å². The van der Waals surface area contributed by atoms with Crippen molar-refractivity contribution >= 4 is 23.7 Å². The fourth-order valence-corrected chi connectivity index (χ4v) is 3.86.